The van der Waals surface area contributed by atoms with E-state index in [1.807, 2.05) is 35.3 Å². The topological polar surface area (TPSA) is 111 Å². The van der Waals surface area contributed by atoms with E-state index < -0.39 is 5.41 Å². The molecule has 1 saturated carbocycles. The van der Waals surface area contributed by atoms with Crippen molar-refractivity contribution >= 4 is 12.0 Å². The molecule has 9 nitrogen and oxygen atoms in total. The van der Waals surface area contributed by atoms with Gasteiger partial charge in [-0.2, -0.15) is 5.21 Å². The van der Waals surface area contributed by atoms with Crippen molar-refractivity contribution in [2.45, 2.75) is 76.8 Å². The second-order valence-corrected chi connectivity index (χ2v) is 10.1. The Balaban J connectivity index is 1.58. The molecular weight excluding hydrogens is 454 g/mol. The van der Waals surface area contributed by atoms with Crippen LogP contribution in [0.5, 0.6) is 0 Å². The van der Waals surface area contributed by atoms with Gasteiger partial charge < -0.3 is 0 Å². The highest BCUT2D eigenvalue weighted by molar-refractivity contribution is 5.83. The van der Waals surface area contributed by atoms with Crippen LogP contribution in [0.3, 0.4) is 0 Å². The molecule has 3 unspecified atom stereocenters. The van der Waals surface area contributed by atoms with Gasteiger partial charge in [0.2, 0.25) is 5.82 Å². The molecule has 36 heavy (non-hydrogen) atoms. The average molecular weight is 488 g/mol. The highest BCUT2D eigenvalue weighted by Gasteiger charge is 2.36. The highest BCUT2D eigenvalue weighted by Crippen LogP contribution is 2.36. The van der Waals surface area contributed by atoms with Gasteiger partial charge in [0, 0.05) is 48.2 Å². The van der Waals surface area contributed by atoms with Gasteiger partial charge >= 0.3 is 5.69 Å². The van der Waals surface area contributed by atoms with Crippen LogP contribution in [-0.2, 0) is 23.2 Å². The number of hydrogen-bond acceptors (Lipinski definition) is 6. The van der Waals surface area contributed by atoms with Gasteiger partial charge in [-0.05, 0) is 54.9 Å². The van der Waals surface area contributed by atoms with Crippen molar-refractivity contribution in [2.75, 3.05) is 0 Å². The monoisotopic (exact) mass is 487 g/mol. The fourth-order valence-corrected chi connectivity index (χ4v) is 5.61. The number of aryl methyl sites for hydroxylation is 1. The number of nitrogens with zero attached hydrogens (tertiary/aromatic N) is 6. The van der Waals surface area contributed by atoms with E-state index in [1.54, 1.807) is 4.57 Å². The van der Waals surface area contributed by atoms with Crippen molar-refractivity contribution in [3.8, 4) is 11.4 Å². The van der Waals surface area contributed by atoms with Crippen molar-refractivity contribution in [2.24, 2.45) is 10.9 Å². The number of carbonyl (C=O) groups is 1. The van der Waals surface area contributed by atoms with Crippen molar-refractivity contribution in [3.63, 3.8) is 0 Å². The predicted molar refractivity (Wildman–Crippen MR) is 138 cm³/mol. The van der Waals surface area contributed by atoms with Gasteiger partial charge in [-0.25, -0.2) is 4.79 Å². The molecule has 1 aliphatic carbocycles. The molecule has 3 aromatic rings. The number of Topliss-reactive ketones (excluding diaryl/α,β-unsaturated/α-hetero) is 1. The molecule has 2 aliphatic rings. The van der Waals surface area contributed by atoms with Crippen molar-refractivity contribution in [3.05, 3.63) is 64.5 Å². The maximum Gasteiger partial charge on any atom is 0.329 e. The van der Waals surface area contributed by atoms with Crippen LogP contribution in [0, 0.1) is 5.92 Å². The zero-order chi connectivity index (χ0) is 25.1. The predicted octanol–water partition coefficient (Wildman–Crippen LogP) is 4.03. The number of imidazole rings is 1. The first-order valence-electron chi connectivity index (χ1n) is 12.9. The number of unbranched alkanes of at least 4 members (excludes halogenated alkanes) is 1. The average Bonchev–Trinajstić information content (AvgIpc) is 3.53. The lowest BCUT2D eigenvalue weighted by atomic mass is 9.76. The third-order valence-corrected chi connectivity index (χ3v) is 7.65. The van der Waals surface area contributed by atoms with Crippen LogP contribution in [0.1, 0.15) is 69.7 Å². The molecule has 188 valence electrons. The standard InChI is InChI=1S/C27H33N7O2/c1-3-4-10-22-17-33(24-19(2)7-5-11-23(24)35)26(36)34(22)18-27(12-14-28-15-13-27)21-9-6-8-20(16-21)25-29-31-32-30-25/h6,8-9,12,14-17,19,24H,3-5,7,10-11,13,18H2,1-2H3,(H,29,30,31,32). The molecule has 0 amide bonds. The molecule has 0 radical (unpaired) electrons. The minimum absolute atomic E-state index is 0.0992. The van der Waals surface area contributed by atoms with Gasteiger partial charge in [0.05, 0.1) is 6.04 Å². The number of tetrazole rings is 1. The Morgan fingerprint density at radius 2 is 2.14 bits per heavy atom. The second-order valence-electron chi connectivity index (χ2n) is 10.1. The highest BCUT2D eigenvalue weighted by atomic mass is 16.2. The van der Waals surface area contributed by atoms with Crippen LogP contribution in [0.15, 0.2) is 52.5 Å². The number of ketones is 1. The fraction of sp³-hybridized carbons (Fsp3) is 0.481. The Bertz CT molecular complexity index is 1330. The Hall–Kier alpha value is -3.62. The van der Waals surface area contributed by atoms with E-state index in [4.69, 9.17) is 0 Å². The third-order valence-electron chi connectivity index (χ3n) is 7.65. The Kier molecular flexibility index (Phi) is 6.80. The van der Waals surface area contributed by atoms with Gasteiger partial charge in [-0.1, -0.05) is 44.5 Å². The van der Waals surface area contributed by atoms with Crippen molar-refractivity contribution < 1.29 is 4.79 Å². The third kappa shape index (κ3) is 4.50. The lowest BCUT2D eigenvalue weighted by Crippen LogP contribution is -2.40. The number of allylic oxidation sites excluding steroid dienone is 1. The fourth-order valence-electron chi connectivity index (χ4n) is 5.61. The lowest BCUT2D eigenvalue weighted by molar-refractivity contribution is -0.125. The van der Waals surface area contributed by atoms with E-state index >= 15 is 0 Å². The molecule has 1 fully saturated rings. The summed E-state index contributed by atoms with van der Waals surface area (Å²) in [4.78, 5) is 31.1. The summed E-state index contributed by atoms with van der Waals surface area (Å²) in [5.41, 5.74) is 2.32. The van der Waals surface area contributed by atoms with Crippen LogP contribution >= 0.6 is 0 Å². The van der Waals surface area contributed by atoms with Crippen LogP contribution in [0.4, 0.5) is 0 Å². The van der Waals surface area contributed by atoms with Crippen molar-refractivity contribution in [1.29, 1.82) is 0 Å². The minimum Gasteiger partial charge on any atom is -0.297 e. The van der Waals surface area contributed by atoms with E-state index in [0.29, 0.717) is 25.2 Å². The molecule has 3 heterocycles. The summed E-state index contributed by atoms with van der Waals surface area (Å²) in [6, 6.07) is 7.70. The first-order chi connectivity index (χ1) is 17.5. The number of aliphatic imine (C=N–C) groups is 1. The smallest absolute Gasteiger partial charge is 0.297 e. The number of carbonyl (C=O) groups excluding carboxylic acids is 1. The van der Waals surface area contributed by atoms with E-state index in [2.05, 4.69) is 57.7 Å². The number of nitrogens with one attached hydrogen (secondary N) is 1. The molecule has 0 spiro atoms. The Morgan fingerprint density at radius 1 is 1.25 bits per heavy atom. The van der Waals surface area contributed by atoms with Gasteiger partial charge in [0.25, 0.3) is 0 Å². The summed E-state index contributed by atoms with van der Waals surface area (Å²) < 4.78 is 3.62. The van der Waals surface area contributed by atoms with E-state index in [9.17, 15) is 9.59 Å². The molecule has 1 aliphatic heterocycles. The van der Waals surface area contributed by atoms with Gasteiger partial charge in [-0.3, -0.25) is 18.9 Å². The number of rotatable bonds is 8. The van der Waals surface area contributed by atoms with Gasteiger partial charge in [-0.15, -0.1) is 10.2 Å². The first kappa shape index (κ1) is 24.1. The Labute approximate surface area is 210 Å². The molecule has 5 rings (SSSR count). The quantitative estimate of drug-likeness (QED) is 0.516. The van der Waals surface area contributed by atoms with Crippen LogP contribution < -0.4 is 5.69 Å². The molecular formula is C27H33N7O2. The molecule has 1 N–H and O–H groups in total. The maximum atomic E-state index is 13.9. The van der Waals surface area contributed by atoms with E-state index in [1.165, 1.54) is 0 Å². The zero-order valence-corrected chi connectivity index (χ0v) is 20.9. The van der Waals surface area contributed by atoms with Crippen LogP contribution in [-0.4, -0.2) is 41.8 Å². The Morgan fingerprint density at radius 3 is 2.86 bits per heavy atom. The van der Waals surface area contributed by atoms with Crippen LogP contribution in [0.2, 0.25) is 0 Å². The van der Waals surface area contributed by atoms with Crippen LogP contribution in [0.25, 0.3) is 11.4 Å². The normalized spacial score (nSPS) is 23.9. The summed E-state index contributed by atoms with van der Waals surface area (Å²) in [7, 11) is 0. The second kappa shape index (κ2) is 10.2. The minimum atomic E-state index is -0.472. The van der Waals surface area contributed by atoms with Gasteiger partial charge in [0.1, 0.15) is 0 Å². The number of H-pyrrole nitrogens is 1. The molecule has 2 aromatic heterocycles. The lowest BCUT2D eigenvalue weighted by Gasteiger charge is -2.32. The SMILES string of the molecule is CCCCc1cn(C2C(=O)CCCC2C)c(=O)n1CC1(c2cccc(-c3nn[nH]n3)c2)C=CN=CC1. The molecule has 9 heteroatoms. The first-order valence-corrected chi connectivity index (χ1v) is 12.9. The van der Waals surface area contributed by atoms with E-state index in [0.717, 1.165) is 48.9 Å². The molecule has 1 aromatic carbocycles. The summed E-state index contributed by atoms with van der Waals surface area (Å²) >= 11 is 0. The molecule has 0 bridgehead atoms. The number of aromatic nitrogens is 6. The summed E-state index contributed by atoms with van der Waals surface area (Å²) in [5, 5.41) is 14.5. The largest absolute Gasteiger partial charge is 0.329 e. The molecule has 3 atom stereocenters. The summed E-state index contributed by atoms with van der Waals surface area (Å²) in [5.74, 6) is 0.848. The van der Waals surface area contributed by atoms with E-state index in [-0.39, 0.29) is 23.4 Å². The number of benzene rings is 1. The van der Waals surface area contributed by atoms with Gasteiger partial charge in [0.15, 0.2) is 5.78 Å². The zero-order valence-electron chi connectivity index (χ0n) is 20.9. The number of aromatic amines is 1. The van der Waals surface area contributed by atoms with Crippen molar-refractivity contribution in [1.82, 2.24) is 29.8 Å². The summed E-state index contributed by atoms with van der Waals surface area (Å²) in [6.45, 7) is 4.70. The maximum absolute atomic E-state index is 13.9. The molecule has 0 saturated heterocycles. The summed E-state index contributed by atoms with van der Waals surface area (Å²) in [6.07, 6.45) is 13.6. The number of hydrogen-bond donors (Lipinski definition) is 1.